The van der Waals surface area contributed by atoms with Crippen LogP contribution >= 0.6 is 0 Å². The minimum absolute atomic E-state index is 0.252. The number of fused-ring (bicyclic) bond motifs is 1. The van der Waals surface area contributed by atoms with E-state index in [1.165, 1.54) is 12.1 Å². The zero-order valence-corrected chi connectivity index (χ0v) is 14.2. The van der Waals surface area contributed by atoms with E-state index in [0.717, 1.165) is 50.3 Å². The summed E-state index contributed by atoms with van der Waals surface area (Å²) >= 11 is 0. The molecule has 0 saturated carbocycles. The van der Waals surface area contributed by atoms with Gasteiger partial charge in [0, 0.05) is 56.7 Å². The van der Waals surface area contributed by atoms with Crippen molar-refractivity contribution in [1.29, 1.82) is 0 Å². The summed E-state index contributed by atoms with van der Waals surface area (Å²) in [6.45, 7) is 3.78. The first-order chi connectivity index (χ1) is 12.2. The molecule has 0 N–H and O–H groups in total. The van der Waals surface area contributed by atoms with Crippen molar-refractivity contribution in [1.82, 2.24) is 9.47 Å². The fraction of sp³-hybridized carbons (Fsp3) is 0.400. The summed E-state index contributed by atoms with van der Waals surface area (Å²) < 4.78 is 15.7. The van der Waals surface area contributed by atoms with E-state index in [-0.39, 0.29) is 5.82 Å². The van der Waals surface area contributed by atoms with Crippen molar-refractivity contribution in [3.63, 3.8) is 0 Å². The molecule has 0 amide bonds. The second-order valence-corrected chi connectivity index (χ2v) is 6.85. The summed E-state index contributed by atoms with van der Waals surface area (Å²) in [4.78, 5) is 15.7. The number of carbonyl (C=O) groups excluding carboxylic acids is 1. The minimum atomic E-state index is -0.252. The smallest absolute Gasteiger partial charge is 0.146 e. The van der Waals surface area contributed by atoms with Gasteiger partial charge in [0.05, 0.1) is 0 Å². The predicted octanol–water partition coefficient (Wildman–Crippen LogP) is 3.04. The molecule has 4 rings (SSSR count). The van der Waals surface area contributed by atoms with Gasteiger partial charge in [-0.15, -0.1) is 0 Å². The molecule has 0 bridgehead atoms. The summed E-state index contributed by atoms with van der Waals surface area (Å²) in [5.74, 6) is 1.79. The summed E-state index contributed by atoms with van der Waals surface area (Å²) in [7, 11) is 0. The Bertz CT molecular complexity index is 787. The first-order valence-corrected chi connectivity index (χ1v) is 8.89. The third kappa shape index (κ3) is 3.26. The highest BCUT2D eigenvalue weighted by Crippen LogP contribution is 2.33. The first-order valence-electron chi connectivity index (χ1n) is 8.89. The van der Waals surface area contributed by atoms with E-state index < -0.39 is 0 Å². The molecule has 1 aromatic heterocycles. The number of aromatic nitrogens is 1. The van der Waals surface area contributed by atoms with Crippen LogP contribution in [0.4, 0.5) is 10.1 Å². The molecule has 25 heavy (non-hydrogen) atoms. The Morgan fingerprint density at radius 3 is 2.60 bits per heavy atom. The number of likely N-dealkylation sites (tertiary alicyclic amines) is 1. The Morgan fingerprint density at radius 2 is 1.88 bits per heavy atom. The lowest BCUT2D eigenvalue weighted by atomic mass is 10.1. The number of nitrogens with zero attached hydrogens (tertiary/aromatic N) is 3. The van der Waals surface area contributed by atoms with Crippen LogP contribution in [0.3, 0.4) is 0 Å². The van der Waals surface area contributed by atoms with Gasteiger partial charge in [-0.05, 0) is 48.7 Å². The van der Waals surface area contributed by atoms with Crippen LogP contribution in [0.2, 0.25) is 0 Å². The van der Waals surface area contributed by atoms with Crippen LogP contribution in [0.5, 0.6) is 0 Å². The van der Waals surface area contributed by atoms with Crippen molar-refractivity contribution in [3.8, 4) is 0 Å². The van der Waals surface area contributed by atoms with Crippen LogP contribution < -0.4 is 4.90 Å². The van der Waals surface area contributed by atoms with E-state index in [2.05, 4.69) is 34.0 Å². The number of benzene rings is 1. The number of anilines is 1. The lowest BCUT2D eigenvalue weighted by Gasteiger charge is -2.34. The van der Waals surface area contributed by atoms with Crippen LogP contribution in [-0.2, 0) is 11.2 Å². The maximum Gasteiger partial charge on any atom is 0.146 e. The lowest BCUT2D eigenvalue weighted by Crippen LogP contribution is -2.39. The molecule has 0 spiro atoms. The topological polar surface area (TPSA) is 28.5 Å². The molecule has 4 nitrogen and oxygen atoms in total. The largest absolute Gasteiger partial charge is 0.351 e. The highest BCUT2D eigenvalue weighted by atomic mass is 19.1. The zero-order chi connectivity index (χ0) is 17.2. The fourth-order valence-corrected chi connectivity index (χ4v) is 4.00. The molecule has 2 aliphatic rings. The first kappa shape index (κ1) is 16.1. The van der Waals surface area contributed by atoms with Crippen molar-refractivity contribution in [2.24, 2.45) is 0 Å². The second kappa shape index (κ2) is 6.87. The van der Waals surface area contributed by atoms with Crippen LogP contribution in [0, 0.1) is 5.82 Å². The number of piperidine rings is 1. The van der Waals surface area contributed by atoms with Gasteiger partial charge in [0.2, 0.25) is 0 Å². The maximum absolute atomic E-state index is 13.4. The van der Waals surface area contributed by atoms with Crippen molar-refractivity contribution >= 4 is 11.6 Å². The third-order valence-electron chi connectivity index (χ3n) is 5.38. The van der Waals surface area contributed by atoms with Crippen LogP contribution in [0.1, 0.15) is 24.4 Å². The summed E-state index contributed by atoms with van der Waals surface area (Å²) in [6, 6.07) is 9.50. The van der Waals surface area contributed by atoms with Gasteiger partial charge in [0.25, 0.3) is 0 Å². The van der Waals surface area contributed by atoms with Gasteiger partial charge in [0.15, 0.2) is 0 Å². The van der Waals surface area contributed by atoms with E-state index in [9.17, 15) is 9.18 Å². The van der Waals surface area contributed by atoms with Gasteiger partial charge >= 0.3 is 0 Å². The van der Waals surface area contributed by atoms with Gasteiger partial charge in [-0.25, -0.2) is 9.18 Å². The van der Waals surface area contributed by atoms with Gasteiger partial charge in [-0.1, -0.05) is 0 Å². The molecule has 1 fully saturated rings. The molecule has 2 aromatic rings. The molecular weight excluding hydrogens is 317 g/mol. The Hall–Kier alpha value is -2.36. The Balaban J connectivity index is 1.36. The van der Waals surface area contributed by atoms with E-state index in [1.807, 2.05) is 10.8 Å². The van der Waals surface area contributed by atoms with E-state index >= 15 is 0 Å². The minimum Gasteiger partial charge on any atom is -0.351 e. The van der Waals surface area contributed by atoms with Crippen LogP contribution in [-0.4, -0.2) is 41.6 Å². The fourth-order valence-electron chi connectivity index (χ4n) is 4.00. The number of hydrogen-bond donors (Lipinski definition) is 0. The highest BCUT2D eigenvalue weighted by molar-refractivity contribution is 5.73. The van der Waals surface area contributed by atoms with Crippen molar-refractivity contribution in [2.45, 2.75) is 25.3 Å². The monoisotopic (exact) mass is 339 g/mol. The maximum atomic E-state index is 13.4. The second-order valence-electron chi connectivity index (χ2n) is 6.85. The molecule has 0 aliphatic carbocycles. The number of rotatable bonds is 4. The highest BCUT2D eigenvalue weighted by Gasteiger charge is 2.27. The number of halogens is 1. The summed E-state index contributed by atoms with van der Waals surface area (Å²) in [5, 5.41) is 0. The van der Waals surface area contributed by atoms with Gasteiger partial charge in [-0.3, -0.25) is 0 Å². The molecule has 0 unspecified atom stereocenters. The molecule has 5 heteroatoms. The zero-order valence-electron chi connectivity index (χ0n) is 14.2. The predicted molar refractivity (Wildman–Crippen MR) is 95.8 cm³/mol. The number of allylic oxidation sites excluding steroid dienone is 1. The normalized spacial score (nSPS) is 18.4. The van der Waals surface area contributed by atoms with Crippen molar-refractivity contribution in [3.05, 3.63) is 59.8 Å². The van der Waals surface area contributed by atoms with Gasteiger partial charge in [-0.2, -0.15) is 0 Å². The quantitative estimate of drug-likeness (QED) is 0.802. The third-order valence-corrected chi connectivity index (χ3v) is 5.38. The molecule has 130 valence electrons. The Morgan fingerprint density at radius 1 is 1.12 bits per heavy atom. The van der Waals surface area contributed by atoms with E-state index in [0.29, 0.717) is 18.2 Å². The average molecular weight is 339 g/mol. The van der Waals surface area contributed by atoms with E-state index in [1.54, 1.807) is 6.07 Å². The molecular formula is C20H22FN3O. The summed E-state index contributed by atoms with van der Waals surface area (Å²) in [5.41, 5.74) is 2.44. The van der Waals surface area contributed by atoms with Crippen molar-refractivity contribution in [2.75, 3.05) is 31.1 Å². The van der Waals surface area contributed by atoms with E-state index in [4.69, 9.17) is 0 Å². The van der Waals surface area contributed by atoms with Gasteiger partial charge in [0.1, 0.15) is 17.5 Å². The summed E-state index contributed by atoms with van der Waals surface area (Å²) in [6.07, 6.45) is 7.05. The molecule has 0 atom stereocenters. The van der Waals surface area contributed by atoms with Crippen LogP contribution in [0.25, 0.3) is 0 Å². The Kier molecular flexibility index (Phi) is 4.43. The van der Waals surface area contributed by atoms with Crippen LogP contribution in [0.15, 0.2) is 48.4 Å². The Labute approximate surface area is 147 Å². The SMILES string of the molecule is O=C=C1Cc2cc(F)ccc2N1CCN1CCC(n2cccc2)CC1. The molecule has 0 radical (unpaired) electrons. The van der Waals surface area contributed by atoms with Gasteiger partial charge < -0.3 is 14.4 Å². The lowest BCUT2D eigenvalue weighted by molar-refractivity contribution is 0.191. The molecule has 3 heterocycles. The molecule has 2 aliphatic heterocycles. The number of hydrogen-bond acceptors (Lipinski definition) is 3. The average Bonchev–Trinajstić information content (AvgIpc) is 3.27. The molecule has 1 saturated heterocycles. The standard InChI is InChI=1S/C20H22FN3O/c21-17-3-4-20-16(13-17)14-19(15-25)24(20)12-11-22-9-5-18(6-10-22)23-7-1-2-8-23/h1-4,7-8,13,18H,5-6,9-12,14H2. The van der Waals surface area contributed by atoms with Crippen molar-refractivity contribution < 1.29 is 9.18 Å². The molecule has 1 aromatic carbocycles.